The number of H-pyrrole nitrogens is 1. The molecule has 1 saturated carbocycles. The maximum Gasteiger partial charge on any atom is 0.278 e. The van der Waals surface area contributed by atoms with Crippen LogP contribution in [0.25, 0.3) is 11.0 Å². The van der Waals surface area contributed by atoms with Gasteiger partial charge in [0.05, 0.1) is 0 Å². The summed E-state index contributed by atoms with van der Waals surface area (Å²) in [4.78, 5) is 18.5. The number of nitrogens with one attached hydrogen (secondary N) is 1. The number of nitrogens with zero attached hydrogens (tertiary/aromatic N) is 2. The van der Waals surface area contributed by atoms with E-state index in [2.05, 4.69) is 14.3 Å². The molecular formula is C11H11F2N3OS. The third-order valence-corrected chi connectivity index (χ3v) is 3.88. The maximum absolute atomic E-state index is 13.1. The van der Waals surface area contributed by atoms with Crippen LogP contribution in [0.15, 0.2) is 10.2 Å². The number of rotatable bonds is 2. The lowest BCUT2D eigenvalue weighted by Gasteiger charge is -2.09. The summed E-state index contributed by atoms with van der Waals surface area (Å²) in [6.45, 7) is 0. The molecule has 0 saturated heterocycles. The highest BCUT2D eigenvalue weighted by molar-refractivity contribution is 7.04. The fourth-order valence-electron chi connectivity index (χ4n) is 2.42. The third-order valence-electron chi connectivity index (χ3n) is 3.27. The van der Waals surface area contributed by atoms with Crippen LogP contribution in [0, 0.1) is 5.92 Å². The first-order chi connectivity index (χ1) is 8.53. The third kappa shape index (κ3) is 2.14. The van der Waals surface area contributed by atoms with E-state index in [1.165, 1.54) is 11.5 Å². The average Bonchev–Trinajstić information content (AvgIpc) is 2.85. The first-order valence-corrected chi connectivity index (χ1v) is 6.58. The molecule has 2 aromatic rings. The largest absolute Gasteiger partial charge is 0.309 e. The van der Waals surface area contributed by atoms with E-state index in [1.807, 2.05) is 0 Å². The number of halogens is 2. The highest BCUT2D eigenvalue weighted by Crippen LogP contribution is 2.39. The minimum atomic E-state index is -2.56. The van der Waals surface area contributed by atoms with Crippen molar-refractivity contribution in [3.8, 4) is 0 Å². The molecule has 18 heavy (non-hydrogen) atoms. The van der Waals surface area contributed by atoms with E-state index in [-0.39, 0.29) is 24.3 Å². The zero-order chi connectivity index (χ0) is 12.8. The molecule has 0 aromatic carbocycles. The molecule has 96 valence electrons. The van der Waals surface area contributed by atoms with Crippen LogP contribution in [-0.4, -0.2) is 20.3 Å². The molecule has 2 aromatic heterocycles. The van der Waals surface area contributed by atoms with Gasteiger partial charge in [-0.25, -0.2) is 13.8 Å². The number of fused-ring (bicyclic) bond motifs is 1. The Labute approximate surface area is 105 Å². The summed E-state index contributed by atoms with van der Waals surface area (Å²) in [5, 5.41) is 1.69. The number of hydrogen-bond acceptors (Lipinski definition) is 4. The Morgan fingerprint density at radius 3 is 3.11 bits per heavy atom. The van der Waals surface area contributed by atoms with Crippen molar-refractivity contribution in [1.29, 1.82) is 0 Å². The second-order valence-corrected chi connectivity index (χ2v) is 5.36. The van der Waals surface area contributed by atoms with Gasteiger partial charge in [-0.15, -0.1) is 0 Å². The molecule has 1 N–H and O–H groups in total. The van der Waals surface area contributed by atoms with Crippen LogP contribution in [0.5, 0.6) is 0 Å². The molecule has 1 atom stereocenters. The molecule has 0 amide bonds. The van der Waals surface area contributed by atoms with Gasteiger partial charge in [-0.1, -0.05) is 0 Å². The smallest absolute Gasteiger partial charge is 0.278 e. The van der Waals surface area contributed by atoms with Gasteiger partial charge in [0.25, 0.3) is 5.56 Å². The van der Waals surface area contributed by atoms with Crippen LogP contribution in [0.1, 0.15) is 25.1 Å². The number of alkyl halides is 2. The van der Waals surface area contributed by atoms with Gasteiger partial charge in [-0.3, -0.25) is 4.79 Å². The van der Waals surface area contributed by atoms with Crippen LogP contribution in [0.3, 0.4) is 0 Å². The summed E-state index contributed by atoms with van der Waals surface area (Å²) in [6.07, 6.45) is 0.702. The summed E-state index contributed by atoms with van der Waals surface area (Å²) in [7, 11) is 0. The van der Waals surface area contributed by atoms with Crippen LogP contribution < -0.4 is 5.56 Å². The van der Waals surface area contributed by atoms with Gasteiger partial charge in [0, 0.05) is 24.6 Å². The molecule has 2 heterocycles. The van der Waals surface area contributed by atoms with Crippen molar-refractivity contribution < 1.29 is 8.78 Å². The number of hydrogen-bond donors (Lipinski definition) is 1. The molecule has 1 aliphatic carbocycles. The Kier molecular flexibility index (Phi) is 2.65. The summed E-state index contributed by atoms with van der Waals surface area (Å²) >= 11 is 1.17. The summed E-state index contributed by atoms with van der Waals surface area (Å²) in [5.41, 5.74) is 0.574. The minimum absolute atomic E-state index is 0.0653. The van der Waals surface area contributed by atoms with Crippen molar-refractivity contribution in [2.24, 2.45) is 5.92 Å². The lowest BCUT2D eigenvalue weighted by molar-refractivity contribution is 0.00502. The van der Waals surface area contributed by atoms with E-state index in [0.29, 0.717) is 29.7 Å². The maximum atomic E-state index is 13.1. The molecule has 1 fully saturated rings. The number of aromatic nitrogens is 3. The van der Waals surface area contributed by atoms with Crippen LogP contribution in [-0.2, 0) is 6.42 Å². The molecule has 0 bridgehead atoms. The van der Waals surface area contributed by atoms with Gasteiger partial charge < -0.3 is 4.98 Å². The Morgan fingerprint density at radius 2 is 2.39 bits per heavy atom. The second-order valence-electron chi connectivity index (χ2n) is 4.73. The molecule has 4 nitrogen and oxygen atoms in total. The van der Waals surface area contributed by atoms with Gasteiger partial charge in [0.15, 0.2) is 5.52 Å². The van der Waals surface area contributed by atoms with Gasteiger partial charge in [-0.2, -0.15) is 4.37 Å². The quantitative estimate of drug-likeness (QED) is 0.912. The van der Waals surface area contributed by atoms with Gasteiger partial charge in [-0.05, 0) is 23.9 Å². The summed E-state index contributed by atoms with van der Waals surface area (Å²) in [5.74, 6) is -2.18. The van der Waals surface area contributed by atoms with E-state index in [9.17, 15) is 13.6 Å². The first-order valence-electron chi connectivity index (χ1n) is 5.75. The second kappa shape index (κ2) is 4.08. The predicted molar refractivity (Wildman–Crippen MR) is 64.0 cm³/mol. The topological polar surface area (TPSA) is 58.6 Å². The molecular weight excluding hydrogens is 260 g/mol. The zero-order valence-electron chi connectivity index (χ0n) is 9.45. The van der Waals surface area contributed by atoms with E-state index in [4.69, 9.17) is 0 Å². The van der Waals surface area contributed by atoms with E-state index >= 15 is 0 Å². The fraction of sp³-hybridized carbons (Fsp3) is 0.545. The van der Waals surface area contributed by atoms with Crippen molar-refractivity contribution in [2.45, 2.75) is 31.6 Å². The lowest BCUT2D eigenvalue weighted by Crippen LogP contribution is -2.15. The average molecular weight is 271 g/mol. The highest BCUT2D eigenvalue weighted by atomic mass is 32.1. The van der Waals surface area contributed by atoms with Crippen molar-refractivity contribution in [1.82, 2.24) is 14.3 Å². The Hall–Kier alpha value is -1.37. The van der Waals surface area contributed by atoms with Gasteiger partial charge >= 0.3 is 0 Å². The van der Waals surface area contributed by atoms with E-state index in [0.717, 1.165) is 0 Å². The van der Waals surface area contributed by atoms with Crippen molar-refractivity contribution >= 4 is 22.6 Å². The molecule has 1 aliphatic rings. The Bertz CT molecular complexity index is 636. The van der Waals surface area contributed by atoms with Crippen LogP contribution in [0.4, 0.5) is 8.78 Å². The SMILES string of the molecule is O=c1[nH]c(CC2CCC(F)(F)C2)nc2csnc12. The molecule has 0 radical (unpaired) electrons. The minimum Gasteiger partial charge on any atom is -0.309 e. The van der Waals surface area contributed by atoms with Crippen molar-refractivity contribution in [2.75, 3.05) is 0 Å². The Morgan fingerprint density at radius 1 is 1.56 bits per heavy atom. The molecule has 3 rings (SSSR count). The zero-order valence-corrected chi connectivity index (χ0v) is 10.3. The highest BCUT2D eigenvalue weighted by Gasteiger charge is 2.39. The monoisotopic (exact) mass is 271 g/mol. The fourth-order valence-corrected chi connectivity index (χ4v) is 3.02. The van der Waals surface area contributed by atoms with Gasteiger partial charge in [0.2, 0.25) is 5.92 Å². The van der Waals surface area contributed by atoms with E-state index in [1.54, 1.807) is 5.38 Å². The molecule has 1 unspecified atom stereocenters. The standard InChI is InChI=1S/C11H11F2N3OS/c12-11(13)2-1-6(4-11)3-8-14-7-5-18-16-9(7)10(17)15-8/h5-6H,1-4H2,(H,14,15,17). The molecule has 0 aliphatic heterocycles. The summed E-state index contributed by atoms with van der Waals surface area (Å²) in [6, 6.07) is 0. The van der Waals surface area contributed by atoms with E-state index < -0.39 is 5.92 Å². The lowest BCUT2D eigenvalue weighted by atomic mass is 10.0. The molecule has 7 heteroatoms. The van der Waals surface area contributed by atoms with Crippen LogP contribution >= 0.6 is 11.5 Å². The van der Waals surface area contributed by atoms with Crippen molar-refractivity contribution in [3.05, 3.63) is 21.6 Å². The normalized spacial score (nSPS) is 22.7. The van der Waals surface area contributed by atoms with Crippen LogP contribution in [0.2, 0.25) is 0 Å². The van der Waals surface area contributed by atoms with Gasteiger partial charge in [0.1, 0.15) is 11.3 Å². The van der Waals surface area contributed by atoms with Crippen molar-refractivity contribution in [3.63, 3.8) is 0 Å². The molecule has 0 spiro atoms. The summed E-state index contributed by atoms with van der Waals surface area (Å²) < 4.78 is 30.1. The number of aromatic amines is 1. The first kappa shape index (κ1) is 11.7. The Balaban J connectivity index is 1.85. The predicted octanol–water partition coefficient (Wildman–Crippen LogP) is 2.36.